The number of hydrogen-bond acceptors (Lipinski definition) is 7. The molecule has 194 valence electrons. The van der Waals surface area contributed by atoms with Crippen LogP contribution in [-0.4, -0.2) is 48.0 Å². The van der Waals surface area contributed by atoms with Gasteiger partial charge in [-0.05, 0) is 36.2 Å². The van der Waals surface area contributed by atoms with Crippen molar-refractivity contribution >= 4 is 18.2 Å². The Kier molecular flexibility index (Phi) is 11.8. The van der Waals surface area contributed by atoms with Gasteiger partial charge in [0.2, 0.25) is 6.41 Å². The van der Waals surface area contributed by atoms with Gasteiger partial charge in [0.15, 0.2) is 16.7 Å². The van der Waals surface area contributed by atoms with E-state index in [1.807, 2.05) is 6.07 Å². The summed E-state index contributed by atoms with van der Waals surface area (Å²) in [6.07, 6.45) is 1.48. The summed E-state index contributed by atoms with van der Waals surface area (Å²) in [5, 5.41) is 2.56. The fourth-order valence-corrected chi connectivity index (χ4v) is 4.01. The van der Waals surface area contributed by atoms with E-state index in [1.54, 1.807) is 45.7 Å². The van der Waals surface area contributed by atoms with Crippen LogP contribution in [0.25, 0.3) is 11.3 Å². The third-order valence-electron chi connectivity index (χ3n) is 4.88. The predicted molar refractivity (Wildman–Crippen MR) is 136 cm³/mol. The molecule has 0 aliphatic heterocycles. The zero-order chi connectivity index (χ0) is 26.5. The van der Waals surface area contributed by atoms with Crippen molar-refractivity contribution in [1.29, 1.82) is 0 Å². The van der Waals surface area contributed by atoms with E-state index in [0.29, 0.717) is 34.3 Å². The number of methoxy groups -OCH3 is 2. The second kappa shape index (κ2) is 14.8. The Hall–Kier alpha value is -3.47. The molecule has 0 saturated heterocycles. The van der Waals surface area contributed by atoms with Gasteiger partial charge in [-0.1, -0.05) is 31.2 Å². The molecule has 2 aromatic heterocycles. The maximum atomic E-state index is 13.4. The quantitative estimate of drug-likeness (QED) is 0.171. The molecule has 0 saturated carbocycles. The number of alkyl halides is 2. The molecular formula is C25H30F2N4O4S. The number of nitrogens with zero attached hydrogens (tertiary/aromatic N) is 3. The highest BCUT2D eigenvalue weighted by Crippen LogP contribution is 2.29. The molecule has 36 heavy (non-hydrogen) atoms. The number of hydrogen-bond donors (Lipinski definition) is 1. The molecule has 0 atom stereocenters. The fourth-order valence-electron chi connectivity index (χ4n) is 3.06. The van der Waals surface area contributed by atoms with E-state index in [2.05, 4.69) is 22.2 Å². The number of aromatic nitrogens is 3. The van der Waals surface area contributed by atoms with E-state index in [-0.39, 0.29) is 17.8 Å². The Morgan fingerprint density at radius 1 is 1.11 bits per heavy atom. The van der Waals surface area contributed by atoms with Crippen LogP contribution in [0.2, 0.25) is 0 Å². The van der Waals surface area contributed by atoms with Crippen molar-refractivity contribution < 1.29 is 23.0 Å². The molecular weight excluding hydrogens is 490 g/mol. The van der Waals surface area contributed by atoms with Crippen LogP contribution in [0, 0.1) is 0 Å². The van der Waals surface area contributed by atoms with Crippen molar-refractivity contribution in [3.05, 3.63) is 64.2 Å². The normalized spacial score (nSPS) is 10.4. The Balaban J connectivity index is 0.00000106. The van der Waals surface area contributed by atoms with Crippen LogP contribution in [0.15, 0.2) is 52.5 Å². The van der Waals surface area contributed by atoms with E-state index in [4.69, 9.17) is 14.3 Å². The number of benzene rings is 1. The van der Waals surface area contributed by atoms with Gasteiger partial charge in [-0.2, -0.15) is 0 Å². The number of amides is 1. The van der Waals surface area contributed by atoms with Gasteiger partial charge in [0.25, 0.3) is 12.0 Å². The monoisotopic (exact) mass is 520 g/mol. The van der Waals surface area contributed by atoms with Crippen LogP contribution in [0.5, 0.6) is 11.5 Å². The number of halogens is 2. The number of nitrogens with one attached hydrogen (secondary N) is 1. The van der Waals surface area contributed by atoms with Crippen LogP contribution in [0.4, 0.5) is 8.78 Å². The minimum absolute atomic E-state index is 0.218. The average molecular weight is 521 g/mol. The first-order valence-electron chi connectivity index (χ1n) is 11.2. The maximum Gasteiger partial charge on any atom is 0.280 e. The number of rotatable bonds is 11. The van der Waals surface area contributed by atoms with E-state index in [9.17, 15) is 13.6 Å². The molecule has 1 amide bonds. The zero-order valence-electron chi connectivity index (χ0n) is 20.7. The van der Waals surface area contributed by atoms with Crippen molar-refractivity contribution in [1.82, 2.24) is 19.9 Å². The molecule has 3 aromatic rings. The number of ether oxygens (including phenoxy) is 2. The lowest BCUT2D eigenvalue weighted by atomic mass is 10.1. The molecule has 8 nitrogen and oxygen atoms in total. The van der Waals surface area contributed by atoms with Gasteiger partial charge in [0, 0.05) is 30.6 Å². The van der Waals surface area contributed by atoms with Gasteiger partial charge in [-0.3, -0.25) is 9.59 Å². The zero-order valence-corrected chi connectivity index (χ0v) is 21.5. The molecule has 2 heterocycles. The first-order chi connectivity index (χ1) is 17.4. The van der Waals surface area contributed by atoms with E-state index in [0.717, 1.165) is 24.2 Å². The molecule has 0 aliphatic carbocycles. The van der Waals surface area contributed by atoms with Crippen LogP contribution >= 0.6 is 11.8 Å². The average Bonchev–Trinajstić information content (AvgIpc) is 2.89. The molecule has 0 unspecified atom stereocenters. The van der Waals surface area contributed by atoms with Crippen LogP contribution in [0.1, 0.15) is 37.4 Å². The number of carbonyl (C=O) groups is 1. The minimum atomic E-state index is -2.71. The molecule has 3 rings (SSSR count). The third-order valence-corrected chi connectivity index (χ3v) is 5.81. The molecule has 0 aliphatic rings. The first-order valence-corrected chi connectivity index (χ1v) is 12.2. The second-order valence-electron chi connectivity index (χ2n) is 7.44. The van der Waals surface area contributed by atoms with Crippen molar-refractivity contribution in [2.24, 2.45) is 0 Å². The lowest BCUT2D eigenvalue weighted by Gasteiger charge is -2.12. The van der Waals surface area contributed by atoms with Crippen molar-refractivity contribution in [2.45, 2.75) is 37.9 Å². The number of pyridine rings is 1. The van der Waals surface area contributed by atoms with Crippen molar-refractivity contribution in [2.75, 3.05) is 27.0 Å². The van der Waals surface area contributed by atoms with Gasteiger partial charge in [-0.25, -0.2) is 18.7 Å². The Bertz CT molecular complexity index is 1190. The number of thioether (sulfide) groups is 1. The summed E-state index contributed by atoms with van der Waals surface area (Å²) in [7, 11) is 4.66. The molecule has 0 radical (unpaired) electrons. The van der Waals surface area contributed by atoms with Crippen LogP contribution in [0.3, 0.4) is 0 Å². The van der Waals surface area contributed by atoms with E-state index in [1.165, 1.54) is 28.5 Å². The molecule has 0 spiro atoms. The van der Waals surface area contributed by atoms with E-state index >= 15 is 0 Å². The van der Waals surface area contributed by atoms with Crippen LogP contribution < -0.4 is 20.3 Å². The Morgan fingerprint density at radius 2 is 1.83 bits per heavy atom. The summed E-state index contributed by atoms with van der Waals surface area (Å²) >= 11 is 1.35. The van der Waals surface area contributed by atoms with Crippen molar-refractivity contribution in [3.63, 3.8) is 0 Å². The minimum Gasteiger partial charge on any atom is -0.493 e. The molecule has 11 heteroatoms. The van der Waals surface area contributed by atoms with Gasteiger partial charge in [0.1, 0.15) is 5.69 Å². The van der Waals surface area contributed by atoms with Gasteiger partial charge in [-0.15, -0.1) is 0 Å². The lowest BCUT2D eigenvalue weighted by Crippen LogP contribution is -2.19. The highest BCUT2D eigenvalue weighted by molar-refractivity contribution is 7.99. The summed E-state index contributed by atoms with van der Waals surface area (Å²) in [6, 6.07) is 9.66. The topological polar surface area (TPSA) is 95.3 Å². The number of unbranched alkanes of at least 4 members (excludes halogenated alkanes) is 1. The maximum absolute atomic E-state index is 13.4. The summed E-state index contributed by atoms with van der Waals surface area (Å²) in [5.74, 6) is 1.90. The van der Waals surface area contributed by atoms with Gasteiger partial charge >= 0.3 is 0 Å². The number of carbonyl (C=O) groups excluding carboxylic acids is 1. The Labute approximate surface area is 213 Å². The first kappa shape index (κ1) is 28.8. The predicted octanol–water partition coefficient (Wildman–Crippen LogP) is 4.56. The molecule has 1 N–H and O–H groups in total. The largest absolute Gasteiger partial charge is 0.493 e. The van der Waals surface area contributed by atoms with Crippen molar-refractivity contribution in [3.8, 4) is 22.8 Å². The summed E-state index contributed by atoms with van der Waals surface area (Å²) in [5.41, 5.74) is 1.20. The third kappa shape index (κ3) is 8.33. The molecule has 0 bridgehead atoms. The lowest BCUT2D eigenvalue weighted by molar-refractivity contribution is -0.109. The summed E-state index contributed by atoms with van der Waals surface area (Å²) in [6.45, 7) is 2.34. The molecule has 0 fully saturated rings. The highest BCUT2D eigenvalue weighted by Gasteiger charge is 2.15. The highest BCUT2D eigenvalue weighted by atomic mass is 32.2. The Morgan fingerprint density at radius 3 is 2.44 bits per heavy atom. The molecule has 1 aromatic carbocycles. The van der Waals surface area contributed by atoms with Gasteiger partial charge < -0.3 is 19.4 Å². The smallest absolute Gasteiger partial charge is 0.280 e. The summed E-state index contributed by atoms with van der Waals surface area (Å²) in [4.78, 5) is 29.9. The SMILES string of the molecule is CCCCSc1nc(-c2ccc(=O)n(Cc3ccc(OC)c(OC)c3)c2)cc(C(F)F)n1.CNC=O. The summed E-state index contributed by atoms with van der Waals surface area (Å²) < 4.78 is 38.9. The van der Waals surface area contributed by atoms with E-state index < -0.39 is 6.43 Å². The van der Waals surface area contributed by atoms with Crippen LogP contribution in [-0.2, 0) is 11.3 Å². The standard InChI is InChI=1S/C23H25F2N3O3S.C2H5NO/c1-4-5-10-32-23-26-17(12-18(27-23)22(24)25)16-7-9-21(29)28(14-16)13-15-6-8-19(30-2)20(11-15)31-3;1-3-2-4/h6-9,11-12,14,22H,4-5,10,13H2,1-3H3;2H,1H3,(H,3,4). The fraction of sp³-hybridized carbons (Fsp3) is 0.360. The second-order valence-corrected chi connectivity index (χ2v) is 8.51. The van der Waals surface area contributed by atoms with Gasteiger partial charge in [0.05, 0.1) is 26.5 Å².